The van der Waals surface area contributed by atoms with Gasteiger partial charge in [-0.15, -0.1) is 0 Å². The van der Waals surface area contributed by atoms with Crippen molar-refractivity contribution in [1.82, 2.24) is 24.7 Å². The monoisotopic (exact) mass is 335 g/mol. The second kappa shape index (κ2) is 7.08. The number of carbonyl (C=O) groups is 1. The van der Waals surface area contributed by atoms with Crippen LogP contribution in [0.2, 0.25) is 0 Å². The van der Waals surface area contributed by atoms with Gasteiger partial charge in [0, 0.05) is 51.7 Å². The van der Waals surface area contributed by atoms with Crippen LogP contribution in [-0.2, 0) is 16.0 Å². The van der Waals surface area contributed by atoms with Crippen molar-refractivity contribution in [2.75, 3.05) is 52.5 Å². The van der Waals surface area contributed by atoms with Gasteiger partial charge in [0.1, 0.15) is 11.9 Å². The van der Waals surface area contributed by atoms with Gasteiger partial charge in [0.2, 0.25) is 0 Å². The number of likely N-dealkylation sites (tertiary alicyclic amines) is 1. The van der Waals surface area contributed by atoms with E-state index in [0.29, 0.717) is 0 Å². The second-order valence-electron chi connectivity index (χ2n) is 6.72. The Morgan fingerprint density at radius 1 is 1.21 bits per heavy atom. The van der Waals surface area contributed by atoms with Gasteiger partial charge in [-0.25, -0.2) is 9.78 Å². The van der Waals surface area contributed by atoms with Crippen LogP contribution in [0.5, 0.6) is 0 Å². The lowest BCUT2D eigenvalue weighted by Gasteiger charge is -2.28. The van der Waals surface area contributed by atoms with Gasteiger partial charge in [0.15, 0.2) is 0 Å². The molecule has 4 heterocycles. The maximum atomic E-state index is 12.1. The first-order valence-electron chi connectivity index (χ1n) is 8.77. The molecular weight excluding hydrogens is 310 g/mol. The zero-order valence-electron chi connectivity index (χ0n) is 13.9. The first kappa shape index (κ1) is 15.9. The van der Waals surface area contributed by atoms with Gasteiger partial charge >= 0.3 is 6.09 Å². The minimum Gasteiger partial charge on any atom is -0.442 e. The molecule has 3 aliphatic heterocycles. The number of aromatic amines is 1. The van der Waals surface area contributed by atoms with E-state index < -0.39 is 0 Å². The molecule has 0 unspecified atom stereocenters. The van der Waals surface area contributed by atoms with Gasteiger partial charge in [-0.1, -0.05) is 0 Å². The highest BCUT2D eigenvalue weighted by Crippen LogP contribution is 2.27. The molecule has 1 aromatic heterocycles. The van der Waals surface area contributed by atoms with Gasteiger partial charge in [0.25, 0.3) is 0 Å². The van der Waals surface area contributed by atoms with Crippen LogP contribution >= 0.6 is 0 Å². The SMILES string of the molecule is O=C1O[C@@H]2CN(Cc3ncc[nH]3)C[C@@H]2N1CCCN1CCOCC1. The van der Waals surface area contributed by atoms with E-state index >= 15 is 0 Å². The number of aromatic nitrogens is 2. The van der Waals surface area contributed by atoms with Crippen molar-refractivity contribution in [3.63, 3.8) is 0 Å². The number of nitrogens with zero attached hydrogens (tertiary/aromatic N) is 4. The lowest BCUT2D eigenvalue weighted by molar-refractivity contribution is 0.0362. The number of hydrogen-bond donors (Lipinski definition) is 1. The maximum absolute atomic E-state index is 12.1. The van der Waals surface area contributed by atoms with Gasteiger partial charge in [-0.2, -0.15) is 0 Å². The highest BCUT2D eigenvalue weighted by Gasteiger charge is 2.47. The fourth-order valence-electron chi connectivity index (χ4n) is 3.85. The Hall–Kier alpha value is -1.64. The van der Waals surface area contributed by atoms with Crippen molar-refractivity contribution in [1.29, 1.82) is 0 Å². The minimum atomic E-state index is -0.148. The summed E-state index contributed by atoms with van der Waals surface area (Å²) >= 11 is 0. The first-order chi connectivity index (χ1) is 11.8. The van der Waals surface area contributed by atoms with Crippen LogP contribution in [0.15, 0.2) is 12.4 Å². The predicted octanol–water partition coefficient (Wildman–Crippen LogP) is 0.137. The van der Waals surface area contributed by atoms with E-state index in [1.165, 1.54) is 0 Å². The third kappa shape index (κ3) is 3.40. The Morgan fingerprint density at radius 3 is 2.88 bits per heavy atom. The second-order valence-corrected chi connectivity index (χ2v) is 6.72. The molecule has 0 aliphatic carbocycles. The fourth-order valence-corrected chi connectivity index (χ4v) is 3.85. The summed E-state index contributed by atoms with van der Waals surface area (Å²) in [5, 5.41) is 0. The van der Waals surface area contributed by atoms with E-state index in [-0.39, 0.29) is 18.2 Å². The van der Waals surface area contributed by atoms with Crippen LogP contribution < -0.4 is 0 Å². The highest BCUT2D eigenvalue weighted by atomic mass is 16.6. The summed E-state index contributed by atoms with van der Waals surface area (Å²) in [5.41, 5.74) is 0. The molecule has 4 rings (SSSR count). The minimum absolute atomic E-state index is 0.00384. The zero-order chi connectivity index (χ0) is 16.4. The van der Waals surface area contributed by atoms with Gasteiger partial charge in [0.05, 0.1) is 25.8 Å². The quantitative estimate of drug-likeness (QED) is 0.797. The number of imidazole rings is 1. The number of fused-ring (bicyclic) bond motifs is 1. The van der Waals surface area contributed by atoms with Gasteiger partial charge < -0.3 is 19.4 Å². The number of carbonyl (C=O) groups excluding carboxylic acids is 1. The Balaban J connectivity index is 1.27. The van der Waals surface area contributed by atoms with Crippen molar-refractivity contribution >= 4 is 6.09 Å². The molecule has 1 amide bonds. The van der Waals surface area contributed by atoms with E-state index in [2.05, 4.69) is 19.8 Å². The lowest BCUT2D eigenvalue weighted by atomic mass is 10.2. The topological polar surface area (TPSA) is 73.9 Å². The molecule has 2 atom stereocenters. The van der Waals surface area contributed by atoms with Crippen molar-refractivity contribution in [2.24, 2.45) is 0 Å². The average Bonchev–Trinajstić information content (AvgIpc) is 3.28. The fraction of sp³-hybridized carbons (Fsp3) is 0.750. The summed E-state index contributed by atoms with van der Waals surface area (Å²) in [7, 11) is 0. The Kier molecular flexibility index (Phi) is 4.68. The zero-order valence-corrected chi connectivity index (χ0v) is 13.9. The smallest absolute Gasteiger partial charge is 0.410 e. The summed E-state index contributed by atoms with van der Waals surface area (Å²) in [5.74, 6) is 0.958. The molecule has 3 aliphatic rings. The first-order valence-corrected chi connectivity index (χ1v) is 8.77. The Bertz CT molecular complexity index is 546. The molecule has 8 heteroatoms. The van der Waals surface area contributed by atoms with Crippen LogP contribution in [0.25, 0.3) is 0 Å². The van der Waals surface area contributed by atoms with Crippen molar-refractivity contribution in [3.8, 4) is 0 Å². The van der Waals surface area contributed by atoms with Crippen LogP contribution in [-0.4, -0.2) is 95.4 Å². The van der Waals surface area contributed by atoms with E-state index in [1.807, 2.05) is 11.1 Å². The molecule has 3 fully saturated rings. The molecule has 1 aromatic rings. The number of rotatable bonds is 6. The van der Waals surface area contributed by atoms with Crippen LogP contribution in [0.1, 0.15) is 12.2 Å². The molecule has 0 aromatic carbocycles. The predicted molar refractivity (Wildman–Crippen MR) is 86.5 cm³/mol. The average molecular weight is 335 g/mol. The molecule has 24 heavy (non-hydrogen) atoms. The molecule has 0 saturated carbocycles. The normalized spacial score (nSPS) is 28.3. The summed E-state index contributed by atoms with van der Waals surface area (Å²) < 4.78 is 10.9. The molecule has 0 spiro atoms. The molecular formula is C16H25N5O3. The molecule has 0 bridgehead atoms. The van der Waals surface area contributed by atoms with E-state index in [0.717, 1.165) is 71.3 Å². The number of amides is 1. The third-order valence-electron chi connectivity index (χ3n) is 5.10. The number of ether oxygens (including phenoxy) is 2. The summed E-state index contributed by atoms with van der Waals surface area (Å²) in [6, 6.07) is 0.178. The van der Waals surface area contributed by atoms with E-state index in [1.54, 1.807) is 6.20 Å². The third-order valence-corrected chi connectivity index (χ3v) is 5.10. The van der Waals surface area contributed by atoms with Crippen molar-refractivity contribution in [3.05, 3.63) is 18.2 Å². The van der Waals surface area contributed by atoms with Crippen LogP contribution in [0.4, 0.5) is 4.79 Å². The van der Waals surface area contributed by atoms with Gasteiger partial charge in [-0.05, 0) is 6.42 Å². The van der Waals surface area contributed by atoms with Crippen molar-refractivity contribution < 1.29 is 14.3 Å². The Labute approximate surface area is 141 Å². The van der Waals surface area contributed by atoms with Crippen molar-refractivity contribution in [2.45, 2.75) is 25.1 Å². The maximum Gasteiger partial charge on any atom is 0.410 e. The number of H-pyrrole nitrogens is 1. The van der Waals surface area contributed by atoms with E-state index in [9.17, 15) is 4.79 Å². The highest BCUT2D eigenvalue weighted by molar-refractivity contribution is 5.71. The molecule has 8 nitrogen and oxygen atoms in total. The molecule has 3 saturated heterocycles. The largest absolute Gasteiger partial charge is 0.442 e. The van der Waals surface area contributed by atoms with Crippen LogP contribution in [0.3, 0.4) is 0 Å². The molecule has 132 valence electrons. The number of hydrogen-bond acceptors (Lipinski definition) is 6. The summed E-state index contributed by atoms with van der Waals surface area (Å²) in [4.78, 5) is 26.2. The Morgan fingerprint density at radius 2 is 2.08 bits per heavy atom. The lowest BCUT2D eigenvalue weighted by Crippen LogP contribution is -2.41. The number of nitrogens with one attached hydrogen (secondary N) is 1. The number of morpholine rings is 1. The molecule has 0 radical (unpaired) electrons. The van der Waals surface area contributed by atoms with E-state index in [4.69, 9.17) is 9.47 Å². The van der Waals surface area contributed by atoms with Gasteiger partial charge in [-0.3, -0.25) is 9.80 Å². The summed E-state index contributed by atoms with van der Waals surface area (Å²) in [6.07, 6.45) is 4.44. The standard InChI is InChI=1S/C16H25N5O3/c22-16-21(5-1-4-19-6-8-23-9-7-19)13-10-20(11-14(13)24-16)12-15-17-2-3-18-15/h2-3,13-14H,1,4-12H2,(H,17,18)/t13-,14+/m0/s1. The molecule has 1 N–H and O–H groups in total. The van der Waals surface area contributed by atoms with Crippen LogP contribution in [0, 0.1) is 0 Å². The summed E-state index contributed by atoms with van der Waals surface area (Å²) in [6.45, 7) is 7.83.